The molecular weight excluding hydrogens is 180 g/mol. The molecule has 0 heteroatoms. The molecule has 0 radical (unpaired) electrons. The average Bonchev–Trinajstić information content (AvgIpc) is 2.34. The van der Waals surface area contributed by atoms with Crippen LogP contribution >= 0.6 is 0 Å². The van der Waals surface area contributed by atoms with Gasteiger partial charge in [-0.1, -0.05) is 53.4 Å². The van der Waals surface area contributed by atoms with E-state index in [1.165, 1.54) is 44.9 Å². The van der Waals surface area contributed by atoms with E-state index in [1.807, 2.05) is 0 Å². The van der Waals surface area contributed by atoms with Crippen LogP contribution in [0.5, 0.6) is 0 Å². The fourth-order valence-corrected chi connectivity index (χ4v) is 3.47. The Morgan fingerprint density at radius 3 is 2.13 bits per heavy atom. The van der Waals surface area contributed by atoms with Crippen LogP contribution in [0, 0.1) is 23.7 Å². The van der Waals surface area contributed by atoms with Crippen molar-refractivity contribution in [1.82, 2.24) is 0 Å². The van der Waals surface area contributed by atoms with Gasteiger partial charge in [-0.25, -0.2) is 0 Å². The van der Waals surface area contributed by atoms with Gasteiger partial charge in [-0.3, -0.25) is 0 Å². The number of hydrogen-bond acceptors (Lipinski definition) is 0. The first-order valence-corrected chi connectivity index (χ1v) is 7.19. The summed E-state index contributed by atoms with van der Waals surface area (Å²) in [5.74, 6) is 3.99. The lowest BCUT2D eigenvalue weighted by molar-refractivity contribution is 0.282. The second kappa shape index (κ2) is 6.55. The van der Waals surface area contributed by atoms with E-state index in [4.69, 9.17) is 0 Å². The Kier molecular flexibility index (Phi) is 5.71. The Labute approximate surface area is 96.8 Å². The maximum absolute atomic E-state index is 2.49. The van der Waals surface area contributed by atoms with Crippen molar-refractivity contribution in [1.29, 1.82) is 0 Å². The topological polar surface area (TPSA) is 0 Å². The van der Waals surface area contributed by atoms with Gasteiger partial charge in [0.25, 0.3) is 0 Å². The van der Waals surface area contributed by atoms with Crippen molar-refractivity contribution in [2.75, 3.05) is 0 Å². The first-order valence-electron chi connectivity index (χ1n) is 7.19. The SMILES string of the molecule is CCCCC1CCC(CC)C(C)CC1C. The molecule has 0 spiro atoms. The fraction of sp³-hybridized carbons (Fsp3) is 1.00. The molecule has 0 heterocycles. The van der Waals surface area contributed by atoms with Crippen molar-refractivity contribution in [2.45, 2.75) is 72.6 Å². The monoisotopic (exact) mass is 210 g/mol. The highest BCUT2D eigenvalue weighted by Gasteiger charge is 2.27. The summed E-state index contributed by atoms with van der Waals surface area (Å²) in [5, 5.41) is 0. The normalized spacial score (nSPS) is 37.6. The molecule has 1 rings (SSSR count). The molecule has 0 bridgehead atoms. The minimum absolute atomic E-state index is 0.969. The first kappa shape index (κ1) is 13.1. The van der Waals surface area contributed by atoms with E-state index in [1.54, 1.807) is 0 Å². The largest absolute Gasteiger partial charge is 0.0654 e. The van der Waals surface area contributed by atoms with Gasteiger partial charge in [0.05, 0.1) is 0 Å². The third kappa shape index (κ3) is 3.81. The van der Waals surface area contributed by atoms with Gasteiger partial charge in [-0.05, 0) is 42.9 Å². The molecule has 0 aromatic heterocycles. The molecule has 4 unspecified atom stereocenters. The van der Waals surface area contributed by atoms with Crippen LogP contribution in [0.3, 0.4) is 0 Å². The standard InChI is InChI=1S/C15H30/c1-5-7-8-15-10-9-14(6-2)12(3)11-13(15)4/h12-15H,5-11H2,1-4H3. The van der Waals surface area contributed by atoms with Gasteiger partial charge in [-0.2, -0.15) is 0 Å². The zero-order valence-corrected chi connectivity index (χ0v) is 11.3. The summed E-state index contributed by atoms with van der Waals surface area (Å²) >= 11 is 0. The maximum Gasteiger partial charge on any atom is -0.0388 e. The van der Waals surface area contributed by atoms with Crippen LogP contribution in [-0.4, -0.2) is 0 Å². The lowest BCUT2D eigenvalue weighted by Gasteiger charge is -2.22. The van der Waals surface area contributed by atoms with E-state index in [0.717, 1.165) is 23.7 Å². The van der Waals surface area contributed by atoms with Crippen molar-refractivity contribution < 1.29 is 0 Å². The van der Waals surface area contributed by atoms with E-state index in [0.29, 0.717) is 0 Å². The highest BCUT2D eigenvalue weighted by molar-refractivity contribution is 4.78. The lowest BCUT2D eigenvalue weighted by atomic mass is 9.83. The summed E-state index contributed by atoms with van der Waals surface area (Å²) in [6, 6.07) is 0. The van der Waals surface area contributed by atoms with Crippen LogP contribution in [-0.2, 0) is 0 Å². The predicted molar refractivity (Wildman–Crippen MR) is 69.0 cm³/mol. The minimum atomic E-state index is 0.969. The van der Waals surface area contributed by atoms with Crippen molar-refractivity contribution in [3.8, 4) is 0 Å². The molecular formula is C15H30. The number of hydrogen-bond donors (Lipinski definition) is 0. The smallest absolute Gasteiger partial charge is 0.0388 e. The van der Waals surface area contributed by atoms with Gasteiger partial charge in [0, 0.05) is 0 Å². The summed E-state index contributed by atoms with van der Waals surface area (Å²) in [5.41, 5.74) is 0. The lowest BCUT2D eigenvalue weighted by Crippen LogP contribution is -2.12. The molecule has 1 saturated carbocycles. The second-order valence-electron chi connectivity index (χ2n) is 5.84. The van der Waals surface area contributed by atoms with Crippen LogP contribution < -0.4 is 0 Å². The van der Waals surface area contributed by atoms with Gasteiger partial charge in [0.1, 0.15) is 0 Å². The molecule has 0 N–H and O–H groups in total. The highest BCUT2D eigenvalue weighted by atomic mass is 14.3. The summed E-state index contributed by atoms with van der Waals surface area (Å²) in [6.07, 6.45) is 10.2. The van der Waals surface area contributed by atoms with E-state index in [2.05, 4.69) is 27.7 Å². The fourth-order valence-electron chi connectivity index (χ4n) is 3.47. The van der Waals surface area contributed by atoms with Crippen LogP contribution in [0.15, 0.2) is 0 Å². The van der Waals surface area contributed by atoms with E-state index < -0.39 is 0 Å². The Morgan fingerprint density at radius 1 is 0.933 bits per heavy atom. The quantitative estimate of drug-likeness (QED) is 0.554. The molecule has 1 aliphatic rings. The summed E-state index contributed by atoms with van der Waals surface area (Å²) in [4.78, 5) is 0. The third-order valence-corrected chi connectivity index (χ3v) is 4.71. The van der Waals surface area contributed by atoms with E-state index in [-0.39, 0.29) is 0 Å². The Hall–Kier alpha value is 0. The number of unbranched alkanes of at least 4 members (excludes halogenated alkanes) is 1. The molecule has 0 amide bonds. The molecule has 1 fully saturated rings. The molecule has 0 aromatic rings. The molecule has 0 saturated heterocycles. The van der Waals surface area contributed by atoms with Crippen molar-refractivity contribution in [2.24, 2.45) is 23.7 Å². The van der Waals surface area contributed by atoms with Gasteiger partial charge in [0.2, 0.25) is 0 Å². The molecule has 1 aliphatic carbocycles. The van der Waals surface area contributed by atoms with Crippen LogP contribution in [0.1, 0.15) is 72.6 Å². The molecule has 0 aromatic carbocycles. The first-order chi connectivity index (χ1) is 7.19. The molecule has 0 nitrogen and oxygen atoms in total. The molecule has 15 heavy (non-hydrogen) atoms. The van der Waals surface area contributed by atoms with Gasteiger partial charge in [-0.15, -0.1) is 0 Å². The van der Waals surface area contributed by atoms with Crippen LogP contribution in [0.25, 0.3) is 0 Å². The Morgan fingerprint density at radius 2 is 1.53 bits per heavy atom. The molecule has 4 atom stereocenters. The maximum atomic E-state index is 2.49. The second-order valence-corrected chi connectivity index (χ2v) is 5.84. The van der Waals surface area contributed by atoms with Crippen LogP contribution in [0.4, 0.5) is 0 Å². The van der Waals surface area contributed by atoms with Crippen molar-refractivity contribution in [3.63, 3.8) is 0 Å². The van der Waals surface area contributed by atoms with E-state index in [9.17, 15) is 0 Å². The molecule has 0 aliphatic heterocycles. The third-order valence-electron chi connectivity index (χ3n) is 4.71. The van der Waals surface area contributed by atoms with Gasteiger partial charge >= 0.3 is 0 Å². The zero-order chi connectivity index (χ0) is 11.3. The van der Waals surface area contributed by atoms with Crippen molar-refractivity contribution >= 4 is 0 Å². The van der Waals surface area contributed by atoms with Crippen molar-refractivity contribution in [3.05, 3.63) is 0 Å². The highest BCUT2D eigenvalue weighted by Crippen LogP contribution is 2.38. The minimum Gasteiger partial charge on any atom is -0.0654 e. The number of rotatable bonds is 4. The van der Waals surface area contributed by atoms with Gasteiger partial charge in [0.15, 0.2) is 0 Å². The van der Waals surface area contributed by atoms with Crippen LogP contribution in [0.2, 0.25) is 0 Å². The van der Waals surface area contributed by atoms with Gasteiger partial charge < -0.3 is 0 Å². The zero-order valence-electron chi connectivity index (χ0n) is 11.3. The summed E-state index contributed by atoms with van der Waals surface area (Å²) in [7, 11) is 0. The van der Waals surface area contributed by atoms with E-state index >= 15 is 0 Å². The molecule has 90 valence electrons. The average molecular weight is 210 g/mol. The Bertz CT molecular complexity index is 161. The Balaban J connectivity index is 2.47. The predicted octanol–water partition coefficient (Wildman–Crippen LogP) is 5.28. The summed E-state index contributed by atoms with van der Waals surface area (Å²) in [6.45, 7) is 9.67. The summed E-state index contributed by atoms with van der Waals surface area (Å²) < 4.78 is 0.